The first-order chi connectivity index (χ1) is 15.8. The average molecular weight is 441 g/mol. The number of ether oxygens (including phenoxy) is 1. The van der Waals surface area contributed by atoms with Gasteiger partial charge in [-0.05, 0) is 36.4 Å². The highest BCUT2D eigenvalue weighted by molar-refractivity contribution is 7.98. The number of nitrogens with zero attached hydrogens (tertiary/aromatic N) is 4. The summed E-state index contributed by atoms with van der Waals surface area (Å²) in [6.45, 7) is 0. The summed E-state index contributed by atoms with van der Waals surface area (Å²) in [6, 6.07) is 27.8. The molecule has 0 amide bonds. The minimum Gasteiger partial charge on any atom is -0.497 e. The van der Waals surface area contributed by atoms with Crippen LogP contribution >= 0.6 is 11.8 Å². The minimum atomic E-state index is 0.542. The maximum Gasteiger partial charge on any atom is 0.205 e. The van der Waals surface area contributed by atoms with Crippen molar-refractivity contribution < 1.29 is 9.15 Å². The lowest BCUT2D eigenvalue weighted by Crippen LogP contribution is -1.99. The number of hydrogen-bond acceptors (Lipinski definition) is 6. The van der Waals surface area contributed by atoms with Crippen LogP contribution in [0.3, 0.4) is 0 Å². The third-order valence-electron chi connectivity index (χ3n) is 4.93. The Hall–Kier alpha value is -3.84. The minimum absolute atomic E-state index is 0.542. The Morgan fingerprint density at radius 2 is 1.56 bits per heavy atom. The molecule has 3 aromatic carbocycles. The van der Waals surface area contributed by atoms with Gasteiger partial charge in [0, 0.05) is 16.8 Å². The molecule has 7 heteroatoms. The zero-order valence-electron chi connectivity index (χ0n) is 17.4. The van der Waals surface area contributed by atoms with Gasteiger partial charge in [0.1, 0.15) is 5.75 Å². The van der Waals surface area contributed by atoms with Gasteiger partial charge in [-0.3, -0.25) is 4.57 Å². The molecule has 0 unspecified atom stereocenters. The van der Waals surface area contributed by atoms with Gasteiger partial charge in [-0.25, -0.2) is 4.98 Å². The van der Waals surface area contributed by atoms with E-state index < -0.39 is 0 Å². The molecule has 5 rings (SSSR count). The zero-order valence-corrected chi connectivity index (χ0v) is 18.2. The van der Waals surface area contributed by atoms with Crippen LogP contribution in [0.2, 0.25) is 0 Å². The third kappa shape index (κ3) is 4.15. The quantitative estimate of drug-likeness (QED) is 0.294. The van der Waals surface area contributed by atoms with Gasteiger partial charge in [0.15, 0.2) is 16.7 Å². The molecule has 2 aromatic heterocycles. The number of oxazole rings is 1. The molecule has 0 N–H and O–H groups in total. The van der Waals surface area contributed by atoms with Gasteiger partial charge in [-0.2, -0.15) is 0 Å². The van der Waals surface area contributed by atoms with E-state index in [1.807, 2.05) is 89.5 Å². The summed E-state index contributed by atoms with van der Waals surface area (Å²) in [5.74, 6) is 3.50. The summed E-state index contributed by atoms with van der Waals surface area (Å²) in [6.07, 6.45) is 1.76. The maximum absolute atomic E-state index is 5.95. The van der Waals surface area contributed by atoms with Gasteiger partial charge in [0.25, 0.3) is 0 Å². The molecule has 0 spiro atoms. The zero-order chi connectivity index (χ0) is 21.8. The lowest BCUT2D eigenvalue weighted by Gasteiger charge is -2.10. The first-order valence-corrected chi connectivity index (χ1v) is 11.1. The largest absolute Gasteiger partial charge is 0.497 e. The molecule has 0 bridgehead atoms. The van der Waals surface area contributed by atoms with E-state index in [0.717, 1.165) is 39.3 Å². The number of aromatic nitrogens is 4. The molecule has 0 saturated heterocycles. The number of thioether (sulfide) groups is 1. The summed E-state index contributed by atoms with van der Waals surface area (Å²) >= 11 is 1.54. The molecule has 32 heavy (non-hydrogen) atoms. The Morgan fingerprint density at radius 3 is 2.28 bits per heavy atom. The molecule has 0 radical (unpaired) electrons. The van der Waals surface area contributed by atoms with Gasteiger partial charge >= 0.3 is 0 Å². The van der Waals surface area contributed by atoms with Crippen molar-refractivity contribution in [1.82, 2.24) is 19.7 Å². The van der Waals surface area contributed by atoms with E-state index in [2.05, 4.69) is 15.2 Å². The first kappa shape index (κ1) is 20.1. The first-order valence-electron chi connectivity index (χ1n) is 10.1. The van der Waals surface area contributed by atoms with Crippen LogP contribution in [0.5, 0.6) is 5.75 Å². The second-order valence-corrected chi connectivity index (χ2v) is 7.92. The maximum atomic E-state index is 5.95. The van der Waals surface area contributed by atoms with Crippen molar-refractivity contribution in [1.29, 1.82) is 0 Å². The summed E-state index contributed by atoms with van der Waals surface area (Å²) in [5, 5.41) is 9.72. The van der Waals surface area contributed by atoms with Crippen LogP contribution < -0.4 is 4.74 Å². The fourth-order valence-electron chi connectivity index (χ4n) is 3.34. The lowest BCUT2D eigenvalue weighted by molar-refractivity contribution is 0.415. The van der Waals surface area contributed by atoms with Gasteiger partial charge in [-0.1, -0.05) is 60.3 Å². The van der Waals surface area contributed by atoms with Crippen LogP contribution in [0, 0.1) is 0 Å². The predicted octanol–water partition coefficient (Wildman–Crippen LogP) is 5.89. The van der Waals surface area contributed by atoms with E-state index in [4.69, 9.17) is 9.15 Å². The average Bonchev–Trinajstić information content (AvgIpc) is 3.51. The predicted molar refractivity (Wildman–Crippen MR) is 125 cm³/mol. The Kier molecular flexibility index (Phi) is 5.72. The molecule has 0 fully saturated rings. The molecule has 0 saturated carbocycles. The normalized spacial score (nSPS) is 10.9. The van der Waals surface area contributed by atoms with Gasteiger partial charge in [0.05, 0.1) is 19.1 Å². The monoisotopic (exact) mass is 440 g/mol. The smallest absolute Gasteiger partial charge is 0.205 e. The van der Waals surface area contributed by atoms with Crippen molar-refractivity contribution in [2.75, 3.05) is 7.11 Å². The standard InChI is InChI=1S/C25H20N4O2S/c1-30-21-14-12-19(13-15-21)24-27-28-25(29(24)20-10-6-3-7-11-20)32-17-23-26-16-22(31-23)18-8-4-2-5-9-18/h2-16H,17H2,1H3. The molecule has 0 aliphatic heterocycles. The van der Waals surface area contributed by atoms with E-state index in [9.17, 15) is 0 Å². The van der Waals surface area contributed by atoms with E-state index in [0.29, 0.717) is 11.6 Å². The van der Waals surface area contributed by atoms with Crippen LogP contribution in [-0.4, -0.2) is 26.9 Å². The number of benzene rings is 3. The highest BCUT2D eigenvalue weighted by Gasteiger charge is 2.17. The van der Waals surface area contributed by atoms with Gasteiger partial charge < -0.3 is 9.15 Å². The van der Waals surface area contributed by atoms with E-state index in [1.165, 1.54) is 11.8 Å². The molecule has 6 nitrogen and oxygen atoms in total. The molecule has 0 aliphatic rings. The molecule has 2 heterocycles. The van der Waals surface area contributed by atoms with Crippen molar-refractivity contribution in [2.24, 2.45) is 0 Å². The van der Waals surface area contributed by atoms with Gasteiger partial charge in [0.2, 0.25) is 5.89 Å². The summed E-state index contributed by atoms with van der Waals surface area (Å²) < 4.78 is 13.3. The molecular weight excluding hydrogens is 420 g/mol. The van der Waals surface area contributed by atoms with Crippen LogP contribution in [0.25, 0.3) is 28.4 Å². The van der Waals surface area contributed by atoms with Crippen molar-refractivity contribution in [3.63, 3.8) is 0 Å². The van der Waals surface area contributed by atoms with E-state index in [1.54, 1.807) is 13.3 Å². The van der Waals surface area contributed by atoms with Crippen molar-refractivity contribution in [3.8, 4) is 34.1 Å². The second kappa shape index (κ2) is 9.11. The molecular formula is C25H20N4O2S. The van der Waals surface area contributed by atoms with Crippen molar-refractivity contribution in [3.05, 3.63) is 97.0 Å². The highest BCUT2D eigenvalue weighted by atomic mass is 32.2. The van der Waals surface area contributed by atoms with Crippen LogP contribution in [0.15, 0.2) is 101 Å². The number of para-hydroxylation sites is 1. The van der Waals surface area contributed by atoms with Crippen LogP contribution in [-0.2, 0) is 5.75 Å². The van der Waals surface area contributed by atoms with E-state index >= 15 is 0 Å². The number of methoxy groups -OCH3 is 1. The molecule has 158 valence electrons. The topological polar surface area (TPSA) is 66.0 Å². The fraction of sp³-hybridized carbons (Fsp3) is 0.0800. The highest BCUT2D eigenvalue weighted by Crippen LogP contribution is 2.31. The van der Waals surface area contributed by atoms with Crippen LogP contribution in [0.4, 0.5) is 0 Å². The summed E-state index contributed by atoms with van der Waals surface area (Å²) in [4.78, 5) is 4.44. The second-order valence-electron chi connectivity index (χ2n) is 6.98. The number of rotatable bonds is 7. The van der Waals surface area contributed by atoms with Crippen molar-refractivity contribution >= 4 is 11.8 Å². The van der Waals surface area contributed by atoms with Gasteiger partial charge in [-0.15, -0.1) is 10.2 Å². The Bertz CT molecular complexity index is 1300. The Morgan fingerprint density at radius 1 is 0.844 bits per heavy atom. The third-order valence-corrected chi connectivity index (χ3v) is 5.85. The molecule has 5 aromatic rings. The summed E-state index contributed by atoms with van der Waals surface area (Å²) in [5.41, 5.74) is 2.95. The van der Waals surface area contributed by atoms with Crippen molar-refractivity contribution in [2.45, 2.75) is 10.9 Å². The lowest BCUT2D eigenvalue weighted by atomic mass is 10.2. The fourth-order valence-corrected chi connectivity index (χ4v) is 4.15. The molecule has 0 aliphatic carbocycles. The number of hydrogen-bond donors (Lipinski definition) is 0. The SMILES string of the molecule is COc1ccc(-c2nnc(SCc3ncc(-c4ccccc4)o3)n2-c2ccccc2)cc1. The Balaban J connectivity index is 1.44. The van der Waals surface area contributed by atoms with E-state index in [-0.39, 0.29) is 0 Å². The van der Waals surface area contributed by atoms with Crippen LogP contribution in [0.1, 0.15) is 5.89 Å². The summed E-state index contributed by atoms with van der Waals surface area (Å²) in [7, 11) is 1.65. The molecule has 0 atom stereocenters. The Labute approximate surface area is 189 Å².